The molecule has 102 valence electrons. The van der Waals surface area contributed by atoms with Gasteiger partial charge in [-0.1, -0.05) is 17.7 Å². The Balaban J connectivity index is 2.66. The van der Waals surface area contributed by atoms with E-state index in [1.165, 1.54) is 25.1 Å². The second-order valence-corrected chi connectivity index (χ2v) is 4.10. The zero-order chi connectivity index (χ0) is 14.4. The molecule has 0 fully saturated rings. The fraction of sp³-hybridized carbons (Fsp3) is 0.231. The van der Waals surface area contributed by atoms with Crippen molar-refractivity contribution in [3.05, 3.63) is 41.2 Å². The SMILES string of the molecule is C/C=C/C(=O)O[C@H](C)C(=O)Nc1ccc(F)cc1Cl. The van der Waals surface area contributed by atoms with Gasteiger partial charge in [0.2, 0.25) is 0 Å². The number of carbonyl (C=O) groups excluding carboxylic acids is 2. The third kappa shape index (κ3) is 4.71. The molecule has 0 saturated carbocycles. The number of hydrogen-bond donors (Lipinski definition) is 1. The van der Waals surface area contributed by atoms with Crippen molar-refractivity contribution in [2.45, 2.75) is 20.0 Å². The fourth-order valence-corrected chi connectivity index (χ4v) is 1.44. The second-order valence-electron chi connectivity index (χ2n) is 3.69. The molecule has 1 atom stereocenters. The summed E-state index contributed by atoms with van der Waals surface area (Å²) >= 11 is 5.76. The van der Waals surface area contributed by atoms with Gasteiger partial charge < -0.3 is 10.1 Å². The van der Waals surface area contributed by atoms with Gasteiger partial charge in [-0.15, -0.1) is 0 Å². The van der Waals surface area contributed by atoms with Crippen molar-refractivity contribution in [1.82, 2.24) is 0 Å². The van der Waals surface area contributed by atoms with Crippen LogP contribution in [0.1, 0.15) is 13.8 Å². The Bertz CT molecular complexity index is 517. The Labute approximate surface area is 115 Å². The minimum Gasteiger partial charge on any atom is -0.449 e. The van der Waals surface area contributed by atoms with Gasteiger partial charge in [0.25, 0.3) is 5.91 Å². The van der Waals surface area contributed by atoms with Crippen LogP contribution in [0, 0.1) is 5.82 Å². The van der Waals surface area contributed by atoms with E-state index in [1.807, 2.05) is 0 Å². The molecule has 0 bridgehead atoms. The Morgan fingerprint density at radius 3 is 2.74 bits per heavy atom. The van der Waals surface area contributed by atoms with Crippen molar-refractivity contribution in [2.24, 2.45) is 0 Å². The van der Waals surface area contributed by atoms with E-state index in [9.17, 15) is 14.0 Å². The minimum absolute atomic E-state index is 0.0698. The quantitative estimate of drug-likeness (QED) is 0.683. The molecule has 6 heteroatoms. The normalized spacial score (nSPS) is 12.2. The number of rotatable bonds is 4. The maximum absolute atomic E-state index is 12.8. The molecule has 1 N–H and O–H groups in total. The molecule has 0 aliphatic heterocycles. The van der Waals surface area contributed by atoms with E-state index >= 15 is 0 Å². The van der Waals surface area contributed by atoms with Gasteiger partial charge in [0.1, 0.15) is 5.82 Å². The Hall–Kier alpha value is -1.88. The minimum atomic E-state index is -0.982. The average molecular weight is 286 g/mol. The van der Waals surface area contributed by atoms with E-state index in [1.54, 1.807) is 6.92 Å². The lowest BCUT2D eigenvalue weighted by Gasteiger charge is -2.13. The van der Waals surface area contributed by atoms with E-state index in [2.05, 4.69) is 5.32 Å². The van der Waals surface area contributed by atoms with Gasteiger partial charge in [-0.25, -0.2) is 9.18 Å². The lowest BCUT2D eigenvalue weighted by molar-refractivity contribution is -0.148. The highest BCUT2D eigenvalue weighted by atomic mass is 35.5. The molecule has 0 saturated heterocycles. The summed E-state index contributed by atoms with van der Waals surface area (Å²) in [6.07, 6.45) is 1.73. The number of halogens is 2. The van der Waals surface area contributed by atoms with Crippen LogP contribution in [0.25, 0.3) is 0 Å². The first kappa shape index (κ1) is 15.2. The van der Waals surface area contributed by atoms with Crippen LogP contribution in [-0.4, -0.2) is 18.0 Å². The van der Waals surface area contributed by atoms with Crippen molar-refractivity contribution in [3.63, 3.8) is 0 Å². The number of hydrogen-bond acceptors (Lipinski definition) is 3. The molecule has 0 heterocycles. The number of allylic oxidation sites excluding steroid dienone is 1. The van der Waals surface area contributed by atoms with Crippen LogP contribution in [0.5, 0.6) is 0 Å². The third-order valence-electron chi connectivity index (χ3n) is 2.15. The molecule has 1 aromatic carbocycles. The lowest BCUT2D eigenvalue weighted by Crippen LogP contribution is -2.29. The van der Waals surface area contributed by atoms with Crippen LogP contribution < -0.4 is 5.32 Å². The number of anilines is 1. The van der Waals surface area contributed by atoms with Gasteiger partial charge >= 0.3 is 5.97 Å². The number of nitrogens with one attached hydrogen (secondary N) is 1. The van der Waals surface area contributed by atoms with E-state index in [4.69, 9.17) is 16.3 Å². The predicted molar refractivity (Wildman–Crippen MR) is 70.4 cm³/mol. The van der Waals surface area contributed by atoms with Gasteiger partial charge in [-0.2, -0.15) is 0 Å². The zero-order valence-corrected chi connectivity index (χ0v) is 11.2. The van der Waals surface area contributed by atoms with Gasteiger partial charge in [0, 0.05) is 6.08 Å². The standard InChI is InChI=1S/C13H13ClFNO3/c1-3-4-12(17)19-8(2)13(18)16-11-6-5-9(15)7-10(11)14/h3-8H,1-2H3,(H,16,18)/b4-3+/t8-/m1/s1. The van der Waals surface area contributed by atoms with E-state index in [0.717, 1.165) is 12.1 Å². The maximum Gasteiger partial charge on any atom is 0.331 e. The van der Waals surface area contributed by atoms with Gasteiger partial charge in [-0.05, 0) is 32.0 Å². The van der Waals surface area contributed by atoms with Gasteiger partial charge in [0.15, 0.2) is 6.10 Å². The largest absolute Gasteiger partial charge is 0.449 e. The maximum atomic E-state index is 12.8. The highest BCUT2D eigenvalue weighted by Crippen LogP contribution is 2.22. The smallest absolute Gasteiger partial charge is 0.331 e. The molecule has 0 unspecified atom stereocenters. The molecule has 0 radical (unpaired) electrons. The first-order valence-electron chi connectivity index (χ1n) is 5.53. The average Bonchev–Trinajstić information content (AvgIpc) is 2.32. The van der Waals surface area contributed by atoms with Crippen LogP contribution in [0.4, 0.5) is 10.1 Å². The van der Waals surface area contributed by atoms with Crippen molar-refractivity contribution in [2.75, 3.05) is 5.32 Å². The van der Waals surface area contributed by atoms with E-state index in [-0.39, 0.29) is 10.7 Å². The summed E-state index contributed by atoms with van der Waals surface area (Å²) in [7, 11) is 0. The molecule has 19 heavy (non-hydrogen) atoms. The van der Waals surface area contributed by atoms with Crippen LogP contribution in [0.15, 0.2) is 30.4 Å². The summed E-state index contributed by atoms with van der Waals surface area (Å²) in [4.78, 5) is 22.9. The lowest BCUT2D eigenvalue weighted by atomic mass is 10.3. The van der Waals surface area contributed by atoms with Gasteiger partial charge in [-0.3, -0.25) is 4.79 Å². The molecule has 0 aromatic heterocycles. The van der Waals surface area contributed by atoms with E-state index in [0.29, 0.717) is 0 Å². The van der Waals surface area contributed by atoms with Crippen molar-refractivity contribution in [3.8, 4) is 0 Å². The molecule has 0 aliphatic rings. The van der Waals surface area contributed by atoms with Crippen molar-refractivity contribution < 1.29 is 18.7 Å². The number of esters is 1. The summed E-state index contributed by atoms with van der Waals surface area (Å²) in [6, 6.07) is 3.57. The van der Waals surface area contributed by atoms with Crippen LogP contribution in [-0.2, 0) is 14.3 Å². The summed E-state index contributed by atoms with van der Waals surface area (Å²) in [6.45, 7) is 3.08. The first-order valence-corrected chi connectivity index (χ1v) is 5.91. The fourth-order valence-electron chi connectivity index (χ4n) is 1.23. The highest BCUT2D eigenvalue weighted by Gasteiger charge is 2.17. The van der Waals surface area contributed by atoms with Crippen LogP contribution in [0.2, 0.25) is 5.02 Å². The van der Waals surface area contributed by atoms with Crippen LogP contribution >= 0.6 is 11.6 Å². The summed E-state index contributed by atoms with van der Waals surface area (Å²) < 4.78 is 17.7. The molecule has 0 spiro atoms. The molecular formula is C13H13ClFNO3. The number of amides is 1. The Morgan fingerprint density at radius 2 is 2.16 bits per heavy atom. The summed E-state index contributed by atoms with van der Waals surface area (Å²) in [5.41, 5.74) is 0.252. The Kier molecular flexibility index (Phi) is 5.51. The summed E-state index contributed by atoms with van der Waals surface area (Å²) in [5.74, 6) is -1.67. The highest BCUT2D eigenvalue weighted by molar-refractivity contribution is 6.33. The number of ether oxygens (including phenoxy) is 1. The first-order chi connectivity index (χ1) is 8.93. The predicted octanol–water partition coefficient (Wildman–Crippen LogP) is 2.93. The molecule has 1 rings (SSSR count). The number of benzene rings is 1. The molecule has 1 aromatic rings. The second kappa shape index (κ2) is 6.89. The van der Waals surface area contributed by atoms with Crippen molar-refractivity contribution >= 4 is 29.2 Å². The molecule has 4 nitrogen and oxygen atoms in total. The topological polar surface area (TPSA) is 55.4 Å². The molecule has 1 amide bonds. The van der Waals surface area contributed by atoms with Crippen LogP contribution in [0.3, 0.4) is 0 Å². The van der Waals surface area contributed by atoms with Crippen molar-refractivity contribution in [1.29, 1.82) is 0 Å². The number of carbonyl (C=O) groups is 2. The summed E-state index contributed by atoms with van der Waals surface area (Å²) in [5, 5.41) is 2.52. The monoisotopic (exact) mass is 285 g/mol. The molecular weight excluding hydrogens is 273 g/mol. The van der Waals surface area contributed by atoms with E-state index < -0.39 is 23.8 Å². The Morgan fingerprint density at radius 1 is 1.47 bits per heavy atom. The zero-order valence-electron chi connectivity index (χ0n) is 10.4. The van der Waals surface area contributed by atoms with Gasteiger partial charge in [0.05, 0.1) is 10.7 Å². The third-order valence-corrected chi connectivity index (χ3v) is 2.47. The molecule has 0 aliphatic carbocycles.